The number of amides is 1. The molecule has 0 aliphatic rings. The van der Waals surface area contributed by atoms with E-state index in [9.17, 15) is 4.79 Å². The van der Waals surface area contributed by atoms with E-state index in [1.165, 1.54) is 0 Å². The van der Waals surface area contributed by atoms with Crippen molar-refractivity contribution >= 4 is 11.7 Å². The van der Waals surface area contributed by atoms with Gasteiger partial charge in [0.15, 0.2) is 5.82 Å². The van der Waals surface area contributed by atoms with Crippen LogP contribution in [0.1, 0.15) is 22.5 Å². The van der Waals surface area contributed by atoms with Gasteiger partial charge in [0, 0.05) is 37.4 Å². The summed E-state index contributed by atoms with van der Waals surface area (Å²) in [7, 11) is 0. The fraction of sp³-hybridized carbons (Fsp3) is 0.176. The van der Waals surface area contributed by atoms with Crippen LogP contribution in [0.4, 0.5) is 5.82 Å². The van der Waals surface area contributed by atoms with Crippen LogP contribution in [0, 0.1) is 11.3 Å². The summed E-state index contributed by atoms with van der Waals surface area (Å²) in [6.07, 6.45) is 7.44. The lowest BCUT2D eigenvalue weighted by atomic mass is 10.2. The average molecular weight is 320 g/mol. The molecule has 120 valence electrons. The zero-order valence-electron chi connectivity index (χ0n) is 13.0. The predicted octanol–water partition coefficient (Wildman–Crippen LogP) is 2.29. The molecule has 0 saturated carbocycles. The number of nitrogens with zero attached hydrogens (tertiary/aromatic N) is 5. The maximum absolute atomic E-state index is 12.5. The third kappa shape index (κ3) is 3.67. The van der Waals surface area contributed by atoms with Crippen LogP contribution in [0.25, 0.3) is 0 Å². The van der Waals surface area contributed by atoms with Crippen molar-refractivity contribution in [2.45, 2.75) is 19.5 Å². The molecule has 0 aliphatic carbocycles. The third-order valence-electron chi connectivity index (χ3n) is 3.50. The molecule has 0 unspecified atom stereocenters. The molecular formula is C17H16N6O. The second kappa shape index (κ2) is 7.24. The van der Waals surface area contributed by atoms with Crippen LogP contribution in [-0.2, 0) is 13.1 Å². The summed E-state index contributed by atoms with van der Waals surface area (Å²) in [6.45, 7) is 1.10. The highest BCUT2D eigenvalue weighted by molar-refractivity contribution is 6.02. The number of aryl methyl sites for hydroxylation is 1. The Morgan fingerprint density at radius 2 is 2.04 bits per heavy atom. The molecule has 0 saturated heterocycles. The van der Waals surface area contributed by atoms with Gasteiger partial charge in [0.05, 0.1) is 19.0 Å². The lowest BCUT2D eigenvalue weighted by Crippen LogP contribution is -2.17. The van der Waals surface area contributed by atoms with Crippen molar-refractivity contribution in [2.24, 2.45) is 0 Å². The van der Waals surface area contributed by atoms with Crippen LogP contribution in [0.2, 0.25) is 0 Å². The zero-order chi connectivity index (χ0) is 16.8. The molecule has 0 fully saturated rings. The Hall–Kier alpha value is -3.40. The Kier molecular flexibility index (Phi) is 4.68. The molecule has 24 heavy (non-hydrogen) atoms. The quantitative estimate of drug-likeness (QED) is 0.754. The summed E-state index contributed by atoms with van der Waals surface area (Å²) in [4.78, 5) is 16.5. The van der Waals surface area contributed by atoms with E-state index >= 15 is 0 Å². The van der Waals surface area contributed by atoms with Gasteiger partial charge in [-0.15, -0.1) is 0 Å². The normalized spacial score (nSPS) is 10.3. The highest BCUT2D eigenvalue weighted by atomic mass is 16.2. The van der Waals surface area contributed by atoms with E-state index in [-0.39, 0.29) is 5.91 Å². The number of aromatic nitrogens is 4. The minimum Gasteiger partial charge on any atom is -0.339 e. The Bertz CT molecular complexity index is 859. The lowest BCUT2D eigenvalue weighted by molar-refractivity contribution is 0.101. The molecular weight excluding hydrogens is 304 g/mol. The van der Waals surface area contributed by atoms with E-state index in [0.29, 0.717) is 31.0 Å². The number of anilines is 1. The summed E-state index contributed by atoms with van der Waals surface area (Å²) < 4.78 is 3.51. The number of carbonyl (C=O) groups excluding carboxylic acids is 1. The first-order valence-electron chi connectivity index (χ1n) is 7.52. The molecule has 7 nitrogen and oxygen atoms in total. The van der Waals surface area contributed by atoms with Crippen LogP contribution in [0.5, 0.6) is 0 Å². The maximum Gasteiger partial charge on any atom is 0.273 e. The fourth-order valence-corrected chi connectivity index (χ4v) is 2.34. The number of rotatable bonds is 6. The first-order chi connectivity index (χ1) is 11.8. The second-order valence-electron chi connectivity index (χ2n) is 5.20. The molecule has 0 bridgehead atoms. The third-order valence-corrected chi connectivity index (χ3v) is 3.50. The lowest BCUT2D eigenvalue weighted by Gasteiger charge is -2.09. The van der Waals surface area contributed by atoms with Gasteiger partial charge in [0.25, 0.3) is 5.91 Å². The van der Waals surface area contributed by atoms with E-state index < -0.39 is 0 Å². The Morgan fingerprint density at radius 3 is 2.83 bits per heavy atom. The molecule has 0 aliphatic heterocycles. The van der Waals surface area contributed by atoms with Gasteiger partial charge in [-0.2, -0.15) is 10.4 Å². The summed E-state index contributed by atoms with van der Waals surface area (Å²) >= 11 is 0. The Morgan fingerprint density at radius 1 is 1.21 bits per heavy atom. The van der Waals surface area contributed by atoms with Gasteiger partial charge in [0.2, 0.25) is 0 Å². The molecule has 1 amide bonds. The minimum atomic E-state index is -0.223. The molecule has 3 rings (SSSR count). The van der Waals surface area contributed by atoms with Crippen LogP contribution in [-0.4, -0.2) is 25.2 Å². The van der Waals surface area contributed by atoms with Crippen molar-refractivity contribution in [3.05, 3.63) is 66.4 Å². The van der Waals surface area contributed by atoms with Crippen molar-refractivity contribution in [1.82, 2.24) is 19.3 Å². The summed E-state index contributed by atoms with van der Waals surface area (Å²) in [5.41, 5.74) is 1.62. The number of hydrogen-bond acceptors (Lipinski definition) is 4. The molecule has 3 aromatic heterocycles. The highest BCUT2D eigenvalue weighted by Gasteiger charge is 2.12. The second-order valence-corrected chi connectivity index (χ2v) is 5.20. The fourth-order valence-electron chi connectivity index (χ4n) is 2.34. The van der Waals surface area contributed by atoms with E-state index in [1.807, 2.05) is 29.0 Å². The molecule has 0 aromatic carbocycles. The van der Waals surface area contributed by atoms with Crippen molar-refractivity contribution in [2.75, 3.05) is 5.32 Å². The summed E-state index contributed by atoms with van der Waals surface area (Å²) in [6, 6.07) is 11.2. The molecule has 0 atom stereocenters. The van der Waals surface area contributed by atoms with Gasteiger partial charge in [-0.3, -0.25) is 14.5 Å². The molecule has 7 heteroatoms. The van der Waals surface area contributed by atoms with Gasteiger partial charge in [-0.25, -0.2) is 0 Å². The van der Waals surface area contributed by atoms with Gasteiger partial charge in [-0.05, 0) is 29.8 Å². The predicted molar refractivity (Wildman–Crippen MR) is 88.2 cm³/mol. The Labute approximate surface area is 139 Å². The van der Waals surface area contributed by atoms with Crippen molar-refractivity contribution in [3.8, 4) is 6.07 Å². The standard InChI is InChI=1S/C17H16N6O/c18-7-2-11-23-12-6-16(21-23)20-17(24)15-3-1-10-22(15)13-14-4-8-19-9-5-14/h1,3-6,8-10,12H,2,11,13H2,(H,20,21,24). The smallest absolute Gasteiger partial charge is 0.273 e. The van der Waals surface area contributed by atoms with Crippen LogP contribution >= 0.6 is 0 Å². The van der Waals surface area contributed by atoms with Crippen molar-refractivity contribution in [1.29, 1.82) is 5.26 Å². The van der Waals surface area contributed by atoms with Crippen LogP contribution < -0.4 is 5.32 Å². The van der Waals surface area contributed by atoms with E-state index in [1.54, 1.807) is 35.4 Å². The maximum atomic E-state index is 12.5. The van der Waals surface area contributed by atoms with E-state index in [0.717, 1.165) is 5.56 Å². The summed E-state index contributed by atoms with van der Waals surface area (Å²) in [5.74, 6) is 0.245. The average Bonchev–Trinajstić information content (AvgIpc) is 3.23. The molecule has 0 spiro atoms. The van der Waals surface area contributed by atoms with Crippen LogP contribution in [0.3, 0.4) is 0 Å². The van der Waals surface area contributed by atoms with Gasteiger partial charge in [0.1, 0.15) is 5.69 Å². The number of nitrogens with one attached hydrogen (secondary N) is 1. The first kappa shape index (κ1) is 15.5. The SMILES string of the molecule is N#CCCn1ccc(NC(=O)c2cccn2Cc2ccncc2)n1. The summed E-state index contributed by atoms with van der Waals surface area (Å²) in [5, 5.41) is 15.6. The molecule has 3 heterocycles. The van der Waals surface area contributed by atoms with Crippen LogP contribution in [0.15, 0.2) is 55.1 Å². The number of hydrogen-bond donors (Lipinski definition) is 1. The molecule has 1 N–H and O–H groups in total. The first-order valence-corrected chi connectivity index (χ1v) is 7.52. The number of pyridine rings is 1. The highest BCUT2D eigenvalue weighted by Crippen LogP contribution is 2.10. The van der Waals surface area contributed by atoms with Gasteiger partial charge < -0.3 is 9.88 Å². The molecule has 0 radical (unpaired) electrons. The number of nitriles is 1. The monoisotopic (exact) mass is 320 g/mol. The van der Waals surface area contributed by atoms with Crippen molar-refractivity contribution in [3.63, 3.8) is 0 Å². The van der Waals surface area contributed by atoms with Gasteiger partial charge >= 0.3 is 0 Å². The number of carbonyl (C=O) groups is 1. The topological polar surface area (TPSA) is 88.5 Å². The largest absolute Gasteiger partial charge is 0.339 e. The van der Waals surface area contributed by atoms with E-state index in [2.05, 4.69) is 21.5 Å². The zero-order valence-corrected chi connectivity index (χ0v) is 13.0. The minimum absolute atomic E-state index is 0.223. The van der Waals surface area contributed by atoms with Gasteiger partial charge in [-0.1, -0.05) is 0 Å². The van der Waals surface area contributed by atoms with Crippen molar-refractivity contribution < 1.29 is 4.79 Å². The Balaban J connectivity index is 1.69. The molecule has 3 aromatic rings. The van der Waals surface area contributed by atoms with E-state index in [4.69, 9.17) is 5.26 Å².